The van der Waals surface area contributed by atoms with Crippen molar-refractivity contribution in [1.82, 2.24) is 5.32 Å². The van der Waals surface area contributed by atoms with Crippen LogP contribution < -0.4 is 10.0 Å². The number of nitrogens with one attached hydrogen (secondary N) is 2. The molecule has 2 N–H and O–H groups in total. The molecule has 1 aliphatic heterocycles. The Hall–Kier alpha value is -1.07. The Morgan fingerprint density at radius 3 is 2.74 bits per heavy atom. The van der Waals surface area contributed by atoms with Crippen molar-refractivity contribution in [3.8, 4) is 0 Å². The largest absolute Gasteiger partial charge is 0.312 e. The molecule has 0 unspecified atom stereocenters. The molecule has 0 fully saturated rings. The third kappa shape index (κ3) is 3.94. The third-order valence-corrected chi connectivity index (χ3v) is 4.81. The number of anilines is 1. The van der Waals surface area contributed by atoms with Gasteiger partial charge in [0.2, 0.25) is 10.0 Å². The highest BCUT2D eigenvalue weighted by Crippen LogP contribution is 2.25. The second kappa shape index (κ2) is 5.13. The van der Waals surface area contributed by atoms with E-state index in [1.807, 2.05) is 39.0 Å². The second-order valence-electron chi connectivity index (χ2n) is 6.29. The number of sulfonamides is 1. The lowest BCUT2D eigenvalue weighted by molar-refractivity contribution is 0.463. The highest BCUT2D eigenvalue weighted by molar-refractivity contribution is 7.92. The Bertz CT molecular complexity index is 559. The van der Waals surface area contributed by atoms with Gasteiger partial charge in [0.05, 0.1) is 11.4 Å². The molecule has 0 aromatic heterocycles. The van der Waals surface area contributed by atoms with E-state index in [4.69, 9.17) is 0 Å². The Morgan fingerprint density at radius 1 is 1.32 bits per heavy atom. The minimum Gasteiger partial charge on any atom is -0.312 e. The topological polar surface area (TPSA) is 58.2 Å². The van der Waals surface area contributed by atoms with E-state index in [0.717, 1.165) is 30.8 Å². The van der Waals surface area contributed by atoms with Crippen LogP contribution in [0, 0.1) is 5.41 Å². The van der Waals surface area contributed by atoms with Crippen LogP contribution in [-0.2, 0) is 23.0 Å². The molecule has 0 saturated carbocycles. The summed E-state index contributed by atoms with van der Waals surface area (Å²) in [5, 5.41) is 3.29. The average molecular weight is 282 g/mol. The molecule has 1 aliphatic rings. The molecule has 1 aromatic rings. The molecule has 1 heterocycles. The maximum atomic E-state index is 12.2. The Labute approximate surface area is 115 Å². The van der Waals surface area contributed by atoms with Crippen LogP contribution >= 0.6 is 0 Å². The van der Waals surface area contributed by atoms with E-state index >= 15 is 0 Å². The van der Waals surface area contributed by atoms with E-state index in [1.54, 1.807) is 0 Å². The average Bonchev–Trinajstić information content (AvgIpc) is 2.25. The van der Waals surface area contributed by atoms with Gasteiger partial charge in [-0.1, -0.05) is 32.9 Å². The SMILES string of the molecule is CC(C)(C)CS(=O)(=O)Nc1cccc2c1CCNC2. The number of benzene rings is 1. The van der Waals surface area contributed by atoms with E-state index in [2.05, 4.69) is 10.0 Å². The van der Waals surface area contributed by atoms with Gasteiger partial charge >= 0.3 is 0 Å². The minimum atomic E-state index is -3.30. The molecule has 4 nitrogen and oxygen atoms in total. The molecule has 0 aliphatic carbocycles. The maximum absolute atomic E-state index is 12.2. The van der Waals surface area contributed by atoms with Crippen LogP contribution in [0.2, 0.25) is 0 Å². The molecule has 106 valence electrons. The summed E-state index contributed by atoms with van der Waals surface area (Å²) >= 11 is 0. The number of hydrogen-bond donors (Lipinski definition) is 2. The van der Waals surface area contributed by atoms with Crippen molar-refractivity contribution < 1.29 is 8.42 Å². The van der Waals surface area contributed by atoms with Crippen molar-refractivity contribution in [1.29, 1.82) is 0 Å². The maximum Gasteiger partial charge on any atom is 0.233 e. The predicted molar refractivity (Wildman–Crippen MR) is 78.7 cm³/mol. The van der Waals surface area contributed by atoms with Crippen LogP contribution in [0.5, 0.6) is 0 Å². The van der Waals surface area contributed by atoms with Crippen molar-refractivity contribution in [3.05, 3.63) is 29.3 Å². The first kappa shape index (κ1) is 14.3. The molecular formula is C14H22N2O2S. The normalized spacial score (nSPS) is 15.9. The van der Waals surface area contributed by atoms with Crippen molar-refractivity contribution >= 4 is 15.7 Å². The summed E-state index contributed by atoms with van der Waals surface area (Å²) in [6.07, 6.45) is 0.865. The van der Waals surface area contributed by atoms with Crippen LogP contribution in [-0.4, -0.2) is 20.7 Å². The highest BCUT2D eigenvalue weighted by atomic mass is 32.2. The van der Waals surface area contributed by atoms with E-state index in [-0.39, 0.29) is 11.2 Å². The van der Waals surface area contributed by atoms with E-state index in [0.29, 0.717) is 0 Å². The number of rotatable bonds is 3. The Balaban J connectivity index is 2.24. The molecule has 2 rings (SSSR count). The minimum absolute atomic E-state index is 0.127. The fraction of sp³-hybridized carbons (Fsp3) is 0.571. The van der Waals surface area contributed by atoms with Gasteiger partial charge in [-0.05, 0) is 35.6 Å². The van der Waals surface area contributed by atoms with Gasteiger partial charge in [0.15, 0.2) is 0 Å². The smallest absolute Gasteiger partial charge is 0.233 e. The summed E-state index contributed by atoms with van der Waals surface area (Å²) in [6.45, 7) is 7.49. The second-order valence-corrected chi connectivity index (χ2v) is 8.01. The number of hydrogen-bond acceptors (Lipinski definition) is 3. The monoisotopic (exact) mass is 282 g/mol. The molecule has 19 heavy (non-hydrogen) atoms. The zero-order valence-corrected chi connectivity index (χ0v) is 12.6. The van der Waals surface area contributed by atoms with E-state index < -0.39 is 10.0 Å². The lowest BCUT2D eigenvalue weighted by Gasteiger charge is -2.23. The van der Waals surface area contributed by atoms with E-state index in [1.165, 1.54) is 5.56 Å². The van der Waals surface area contributed by atoms with Gasteiger partial charge < -0.3 is 5.32 Å². The quantitative estimate of drug-likeness (QED) is 0.893. The first-order valence-corrected chi connectivity index (χ1v) is 8.24. The predicted octanol–water partition coefficient (Wildman–Crippen LogP) is 2.12. The van der Waals surface area contributed by atoms with Gasteiger partial charge in [0.25, 0.3) is 0 Å². The van der Waals surface area contributed by atoms with Gasteiger partial charge in [0.1, 0.15) is 0 Å². The first-order valence-electron chi connectivity index (χ1n) is 6.59. The van der Waals surface area contributed by atoms with Gasteiger partial charge in [-0.2, -0.15) is 0 Å². The molecule has 0 radical (unpaired) electrons. The number of fused-ring (bicyclic) bond motifs is 1. The van der Waals surface area contributed by atoms with Crippen molar-refractivity contribution in [2.75, 3.05) is 17.0 Å². The lowest BCUT2D eigenvalue weighted by atomic mass is 9.99. The molecule has 0 spiro atoms. The van der Waals surface area contributed by atoms with Gasteiger partial charge in [-0.15, -0.1) is 0 Å². The molecule has 0 bridgehead atoms. The van der Waals surface area contributed by atoms with Crippen LogP contribution in [0.25, 0.3) is 0 Å². The van der Waals surface area contributed by atoms with Crippen LogP contribution in [0.15, 0.2) is 18.2 Å². The highest BCUT2D eigenvalue weighted by Gasteiger charge is 2.23. The molecule has 0 saturated heterocycles. The molecule has 5 heteroatoms. The molecular weight excluding hydrogens is 260 g/mol. The van der Waals surface area contributed by atoms with Crippen molar-refractivity contribution in [2.45, 2.75) is 33.7 Å². The fourth-order valence-corrected chi connectivity index (χ4v) is 4.14. The molecule has 0 atom stereocenters. The van der Waals surface area contributed by atoms with Gasteiger partial charge in [-0.3, -0.25) is 4.72 Å². The lowest BCUT2D eigenvalue weighted by Crippen LogP contribution is -2.28. The summed E-state index contributed by atoms with van der Waals surface area (Å²) in [5.41, 5.74) is 2.80. The zero-order chi connectivity index (χ0) is 14.1. The summed E-state index contributed by atoms with van der Waals surface area (Å²) < 4.78 is 27.1. The van der Waals surface area contributed by atoms with Gasteiger partial charge in [-0.25, -0.2) is 8.42 Å². The van der Waals surface area contributed by atoms with Crippen molar-refractivity contribution in [3.63, 3.8) is 0 Å². The summed E-state index contributed by atoms with van der Waals surface area (Å²) in [5.74, 6) is 0.127. The van der Waals surface area contributed by atoms with Crippen molar-refractivity contribution in [2.24, 2.45) is 5.41 Å². The van der Waals surface area contributed by atoms with Crippen LogP contribution in [0.1, 0.15) is 31.9 Å². The first-order chi connectivity index (χ1) is 8.77. The van der Waals surface area contributed by atoms with E-state index in [9.17, 15) is 8.42 Å². The molecule has 1 aromatic carbocycles. The molecule has 0 amide bonds. The fourth-order valence-electron chi connectivity index (χ4n) is 2.40. The summed E-state index contributed by atoms with van der Waals surface area (Å²) in [4.78, 5) is 0. The summed E-state index contributed by atoms with van der Waals surface area (Å²) in [7, 11) is -3.30. The zero-order valence-electron chi connectivity index (χ0n) is 11.8. The summed E-state index contributed by atoms with van der Waals surface area (Å²) in [6, 6.07) is 5.80. The Kier molecular flexibility index (Phi) is 3.87. The third-order valence-electron chi connectivity index (χ3n) is 3.03. The van der Waals surface area contributed by atoms with Crippen LogP contribution in [0.3, 0.4) is 0 Å². The Morgan fingerprint density at radius 2 is 2.05 bits per heavy atom. The van der Waals surface area contributed by atoms with Gasteiger partial charge in [0, 0.05) is 6.54 Å². The van der Waals surface area contributed by atoms with Crippen LogP contribution in [0.4, 0.5) is 5.69 Å². The standard InChI is InChI=1S/C14H22N2O2S/c1-14(2,3)10-19(17,18)16-13-6-4-5-11-9-15-8-7-12(11)13/h4-6,15-16H,7-10H2,1-3H3.